The number of hydrogen-bond donors (Lipinski definition) is 2. The van der Waals surface area contributed by atoms with Crippen LogP contribution in [0.25, 0.3) is 0 Å². The number of hydrogen-bond acceptors (Lipinski definition) is 5. The second kappa shape index (κ2) is 9.93. The summed E-state index contributed by atoms with van der Waals surface area (Å²) in [6.45, 7) is 3.96. The van der Waals surface area contributed by atoms with E-state index in [1.54, 1.807) is 11.8 Å². The maximum Gasteiger partial charge on any atom is 0.191 e. The highest BCUT2D eigenvalue weighted by Crippen LogP contribution is 2.28. The van der Waals surface area contributed by atoms with Crippen LogP contribution < -0.4 is 20.1 Å². The number of rotatable bonds is 8. The lowest BCUT2D eigenvalue weighted by atomic mass is 10.2. The van der Waals surface area contributed by atoms with E-state index in [1.807, 2.05) is 32.2 Å². The van der Waals surface area contributed by atoms with Crippen molar-refractivity contribution in [2.24, 2.45) is 12.0 Å². The number of aryl methyl sites for hydroxylation is 1. The first kappa shape index (κ1) is 19.1. The molecule has 2 aromatic rings. The van der Waals surface area contributed by atoms with Gasteiger partial charge in [0.15, 0.2) is 17.5 Å². The quantitative estimate of drug-likeness (QED) is 0.418. The van der Waals surface area contributed by atoms with Gasteiger partial charge in [0, 0.05) is 13.6 Å². The third kappa shape index (κ3) is 5.41. The molecule has 0 spiro atoms. The summed E-state index contributed by atoms with van der Waals surface area (Å²) in [5.74, 6) is 5.21. The highest BCUT2D eigenvalue weighted by molar-refractivity contribution is 5.79. The summed E-state index contributed by atoms with van der Waals surface area (Å²) >= 11 is 0. The van der Waals surface area contributed by atoms with E-state index < -0.39 is 0 Å². The van der Waals surface area contributed by atoms with E-state index in [1.165, 1.54) is 6.33 Å². The maximum absolute atomic E-state index is 5.52. The molecule has 2 rings (SSSR count). The fourth-order valence-electron chi connectivity index (χ4n) is 2.21. The van der Waals surface area contributed by atoms with E-state index in [9.17, 15) is 0 Å². The van der Waals surface area contributed by atoms with Crippen molar-refractivity contribution in [3.8, 4) is 23.8 Å². The molecule has 0 aliphatic rings. The fraction of sp³-hybridized carbons (Fsp3) is 0.389. The Kier molecular flexibility index (Phi) is 7.31. The molecule has 0 amide bonds. The van der Waals surface area contributed by atoms with Crippen LogP contribution in [0, 0.1) is 12.3 Å². The van der Waals surface area contributed by atoms with E-state index in [2.05, 4.69) is 31.6 Å². The zero-order valence-corrected chi connectivity index (χ0v) is 15.3. The van der Waals surface area contributed by atoms with Crippen molar-refractivity contribution in [2.45, 2.75) is 20.0 Å². The molecule has 0 atom stereocenters. The summed E-state index contributed by atoms with van der Waals surface area (Å²) < 4.78 is 12.5. The van der Waals surface area contributed by atoms with Crippen LogP contribution in [0.1, 0.15) is 18.3 Å². The first-order valence-corrected chi connectivity index (χ1v) is 8.26. The lowest BCUT2D eigenvalue weighted by Crippen LogP contribution is -2.37. The van der Waals surface area contributed by atoms with Gasteiger partial charge < -0.3 is 20.1 Å². The van der Waals surface area contributed by atoms with Gasteiger partial charge in [0.25, 0.3) is 0 Å². The highest BCUT2D eigenvalue weighted by atomic mass is 16.5. The van der Waals surface area contributed by atoms with Gasteiger partial charge in [0.05, 0.1) is 20.2 Å². The lowest BCUT2D eigenvalue weighted by molar-refractivity contribution is 0.330. The molecule has 1 heterocycles. The third-order valence-corrected chi connectivity index (χ3v) is 3.52. The molecule has 8 nitrogen and oxygen atoms in total. The summed E-state index contributed by atoms with van der Waals surface area (Å²) in [7, 11) is 3.44. The van der Waals surface area contributed by atoms with Gasteiger partial charge in [-0.05, 0) is 24.6 Å². The monoisotopic (exact) mass is 356 g/mol. The van der Waals surface area contributed by atoms with Crippen molar-refractivity contribution in [1.29, 1.82) is 0 Å². The van der Waals surface area contributed by atoms with E-state index in [0.717, 1.165) is 17.9 Å². The Morgan fingerprint density at radius 1 is 1.35 bits per heavy atom. The predicted molar refractivity (Wildman–Crippen MR) is 100.0 cm³/mol. The molecule has 8 heteroatoms. The Hall–Kier alpha value is -3.21. The smallest absolute Gasteiger partial charge is 0.191 e. The summed E-state index contributed by atoms with van der Waals surface area (Å²) in [6.07, 6.45) is 6.78. The van der Waals surface area contributed by atoms with Gasteiger partial charge in [-0.15, -0.1) is 6.42 Å². The molecule has 26 heavy (non-hydrogen) atoms. The zero-order chi connectivity index (χ0) is 18.8. The first-order chi connectivity index (χ1) is 12.7. The standard InChI is InChI=1S/C18H24N6O2/c1-5-9-26-16-10-14(7-8-15(16)25-4)11-20-18(19-6-2)21-12-17-22-13-23-24(17)3/h1,7-8,10,13H,6,9,11-12H2,2-4H3,(H2,19,20,21). The van der Waals surface area contributed by atoms with Gasteiger partial charge in [-0.1, -0.05) is 12.0 Å². The van der Waals surface area contributed by atoms with Crippen LogP contribution in [0.3, 0.4) is 0 Å². The minimum absolute atomic E-state index is 0.185. The zero-order valence-electron chi connectivity index (χ0n) is 15.3. The summed E-state index contributed by atoms with van der Waals surface area (Å²) in [5.41, 5.74) is 0.980. The molecule has 0 fully saturated rings. The minimum atomic E-state index is 0.185. The van der Waals surface area contributed by atoms with Gasteiger partial charge in [-0.2, -0.15) is 5.10 Å². The Bertz CT molecular complexity index is 778. The molecular formula is C18H24N6O2. The van der Waals surface area contributed by atoms with Crippen LogP contribution in [-0.2, 0) is 20.1 Å². The van der Waals surface area contributed by atoms with E-state index in [4.69, 9.17) is 15.9 Å². The number of guanidine groups is 1. The van der Waals surface area contributed by atoms with Crippen LogP contribution in [0.15, 0.2) is 29.5 Å². The van der Waals surface area contributed by atoms with E-state index >= 15 is 0 Å². The molecule has 0 saturated carbocycles. The second-order valence-electron chi connectivity index (χ2n) is 5.33. The van der Waals surface area contributed by atoms with Crippen LogP contribution in [0.2, 0.25) is 0 Å². The number of nitrogens with one attached hydrogen (secondary N) is 2. The summed E-state index contributed by atoms with van der Waals surface area (Å²) in [5, 5.41) is 10.5. The highest BCUT2D eigenvalue weighted by Gasteiger charge is 2.06. The summed E-state index contributed by atoms with van der Waals surface area (Å²) in [4.78, 5) is 8.78. The van der Waals surface area contributed by atoms with Crippen molar-refractivity contribution in [3.05, 3.63) is 35.9 Å². The number of methoxy groups -OCH3 is 1. The van der Waals surface area contributed by atoms with Gasteiger partial charge in [0.2, 0.25) is 0 Å². The van der Waals surface area contributed by atoms with Crippen molar-refractivity contribution in [2.75, 3.05) is 20.3 Å². The van der Waals surface area contributed by atoms with Crippen molar-refractivity contribution < 1.29 is 9.47 Å². The molecular weight excluding hydrogens is 332 g/mol. The number of ether oxygens (including phenoxy) is 2. The Balaban J connectivity index is 2.05. The molecule has 0 unspecified atom stereocenters. The largest absolute Gasteiger partial charge is 0.493 e. The molecule has 0 aliphatic heterocycles. The molecule has 0 bridgehead atoms. The number of aliphatic imine (C=N–C) groups is 1. The maximum atomic E-state index is 5.52. The van der Waals surface area contributed by atoms with Crippen LogP contribution in [-0.4, -0.2) is 41.0 Å². The van der Waals surface area contributed by atoms with E-state index in [0.29, 0.717) is 30.5 Å². The minimum Gasteiger partial charge on any atom is -0.493 e. The molecule has 0 radical (unpaired) electrons. The Morgan fingerprint density at radius 3 is 2.85 bits per heavy atom. The Morgan fingerprint density at radius 2 is 2.19 bits per heavy atom. The van der Waals surface area contributed by atoms with E-state index in [-0.39, 0.29) is 6.61 Å². The van der Waals surface area contributed by atoms with Gasteiger partial charge in [-0.25, -0.2) is 9.98 Å². The Labute approximate surface area is 153 Å². The van der Waals surface area contributed by atoms with Crippen LogP contribution in [0.5, 0.6) is 11.5 Å². The lowest BCUT2D eigenvalue weighted by Gasteiger charge is -2.12. The average molecular weight is 356 g/mol. The molecule has 1 aromatic heterocycles. The van der Waals surface area contributed by atoms with Crippen molar-refractivity contribution >= 4 is 5.96 Å². The molecule has 0 aliphatic carbocycles. The van der Waals surface area contributed by atoms with Gasteiger partial charge in [0.1, 0.15) is 18.8 Å². The SMILES string of the molecule is C#CCOc1cc(CN=C(NCC)NCc2ncnn2C)ccc1OC. The average Bonchev–Trinajstić information content (AvgIpc) is 3.07. The summed E-state index contributed by atoms with van der Waals surface area (Å²) in [6, 6.07) is 5.67. The second-order valence-corrected chi connectivity index (χ2v) is 5.33. The fourth-order valence-corrected chi connectivity index (χ4v) is 2.21. The number of benzene rings is 1. The van der Waals surface area contributed by atoms with Crippen LogP contribution >= 0.6 is 0 Å². The number of terminal acetylenes is 1. The van der Waals surface area contributed by atoms with Gasteiger partial charge in [-0.3, -0.25) is 4.68 Å². The van der Waals surface area contributed by atoms with Crippen LogP contribution in [0.4, 0.5) is 0 Å². The number of aromatic nitrogens is 3. The molecule has 1 aromatic carbocycles. The third-order valence-electron chi connectivity index (χ3n) is 3.52. The topological polar surface area (TPSA) is 85.6 Å². The molecule has 138 valence electrons. The van der Waals surface area contributed by atoms with Gasteiger partial charge >= 0.3 is 0 Å². The molecule has 2 N–H and O–H groups in total. The first-order valence-electron chi connectivity index (χ1n) is 8.26. The van der Waals surface area contributed by atoms with Crippen molar-refractivity contribution in [3.63, 3.8) is 0 Å². The molecule has 0 saturated heterocycles. The predicted octanol–water partition coefficient (Wildman–Crippen LogP) is 1.09. The van der Waals surface area contributed by atoms with Crippen molar-refractivity contribution in [1.82, 2.24) is 25.4 Å². The number of nitrogens with zero attached hydrogens (tertiary/aromatic N) is 4. The normalized spacial score (nSPS) is 10.9.